The molecule has 1 atom stereocenters. The molecule has 0 radical (unpaired) electrons. The van der Waals surface area contributed by atoms with Crippen LogP contribution in [0.5, 0.6) is 0 Å². The van der Waals surface area contributed by atoms with Crippen molar-refractivity contribution in [3.8, 4) is 0 Å². The maximum Gasteiger partial charge on any atom is 0.335 e. The Labute approximate surface area is 267 Å². The second-order valence-electron chi connectivity index (χ2n) is 11.5. The van der Waals surface area contributed by atoms with Crippen LogP contribution in [-0.2, 0) is 35.5 Å². The number of nitrogens with zero attached hydrogens (tertiary/aromatic N) is 4. The highest BCUT2D eigenvalue weighted by atomic mass is 19.1. The van der Waals surface area contributed by atoms with Gasteiger partial charge >= 0.3 is 5.97 Å². The zero-order chi connectivity index (χ0) is 33.4. The van der Waals surface area contributed by atoms with E-state index in [0.29, 0.717) is 50.5 Å². The first-order valence-electron chi connectivity index (χ1n) is 14.8. The predicted octanol–water partition coefficient (Wildman–Crippen LogP) is 2.15. The molecule has 5 N–H and O–H groups in total. The second-order valence-corrected chi connectivity index (χ2v) is 11.5. The van der Waals surface area contributed by atoms with E-state index >= 15 is 0 Å². The fourth-order valence-corrected chi connectivity index (χ4v) is 6.29. The monoisotopic (exact) mass is 639 g/mol. The molecule has 2 aromatic heterocycles. The quantitative estimate of drug-likeness (QED) is 0.156. The highest BCUT2D eigenvalue weighted by Gasteiger charge is 2.29. The lowest BCUT2D eigenvalue weighted by atomic mass is 9.97. The van der Waals surface area contributed by atoms with Gasteiger partial charge < -0.3 is 26.4 Å². The van der Waals surface area contributed by atoms with Crippen molar-refractivity contribution in [1.29, 1.82) is 0 Å². The number of allylic oxidation sites excluding steroid dienone is 2. The summed E-state index contributed by atoms with van der Waals surface area (Å²) >= 11 is 0. The van der Waals surface area contributed by atoms with Crippen LogP contribution in [0, 0.1) is 12.7 Å². The van der Waals surface area contributed by atoms with Crippen LogP contribution in [0.1, 0.15) is 77.2 Å². The minimum absolute atomic E-state index is 0.0889. The number of carbonyl (C=O) groups excluding carboxylic acids is 4. The number of aromatic carboxylic acids is 1. The van der Waals surface area contributed by atoms with E-state index in [0.717, 1.165) is 38.5 Å². The number of amides is 2. The zero-order valence-corrected chi connectivity index (χ0v) is 25.2. The normalized spacial score (nSPS) is 15.8. The van der Waals surface area contributed by atoms with Crippen LogP contribution in [-0.4, -0.2) is 61.5 Å². The smallest absolute Gasteiger partial charge is 0.335 e. The number of fused-ring (bicyclic) bond motifs is 3. The summed E-state index contributed by atoms with van der Waals surface area (Å²) in [5.74, 6) is -3.08. The maximum atomic E-state index is 14.7. The van der Waals surface area contributed by atoms with Crippen LogP contribution in [0.15, 0.2) is 54.0 Å². The fourth-order valence-electron chi connectivity index (χ4n) is 6.29. The van der Waals surface area contributed by atoms with E-state index in [4.69, 9.17) is 5.73 Å². The van der Waals surface area contributed by atoms with Crippen molar-refractivity contribution in [2.45, 2.75) is 45.3 Å². The van der Waals surface area contributed by atoms with Gasteiger partial charge in [-0.1, -0.05) is 24.3 Å². The summed E-state index contributed by atoms with van der Waals surface area (Å²) in [6.45, 7) is 2.69. The number of rotatable bonds is 9. The third kappa shape index (κ3) is 5.80. The Bertz CT molecular complexity index is 2020. The third-order valence-electron chi connectivity index (χ3n) is 8.73. The molecule has 4 aromatic rings. The average molecular weight is 640 g/mol. The van der Waals surface area contributed by atoms with E-state index < -0.39 is 29.6 Å². The van der Waals surface area contributed by atoms with Crippen molar-refractivity contribution in [3.63, 3.8) is 0 Å². The lowest BCUT2D eigenvalue weighted by molar-refractivity contribution is -0.108. The molecule has 14 heteroatoms. The van der Waals surface area contributed by atoms with Crippen LogP contribution in [0.2, 0.25) is 0 Å². The van der Waals surface area contributed by atoms with Crippen LogP contribution in [0.25, 0.3) is 5.65 Å². The molecule has 3 heterocycles. The van der Waals surface area contributed by atoms with Gasteiger partial charge in [0, 0.05) is 25.7 Å². The molecule has 1 aliphatic heterocycles. The topological polar surface area (TPSA) is 189 Å². The summed E-state index contributed by atoms with van der Waals surface area (Å²) < 4.78 is 15.7. The molecule has 0 bridgehead atoms. The number of nitrogens with two attached hydrogens (primary N) is 1. The largest absolute Gasteiger partial charge is 0.478 e. The molecule has 13 nitrogen and oxygen atoms in total. The van der Waals surface area contributed by atoms with Gasteiger partial charge in [-0.2, -0.15) is 5.10 Å². The number of aromatic nitrogens is 3. The Balaban J connectivity index is 1.20. The summed E-state index contributed by atoms with van der Waals surface area (Å²) in [7, 11) is 0. The van der Waals surface area contributed by atoms with Gasteiger partial charge in [0.25, 0.3) is 11.8 Å². The van der Waals surface area contributed by atoms with Crippen molar-refractivity contribution in [3.05, 3.63) is 110 Å². The molecule has 240 valence electrons. The lowest BCUT2D eigenvalue weighted by Crippen LogP contribution is -2.33. The third-order valence-corrected chi connectivity index (χ3v) is 8.73. The zero-order valence-electron chi connectivity index (χ0n) is 25.2. The molecule has 47 heavy (non-hydrogen) atoms. The summed E-state index contributed by atoms with van der Waals surface area (Å²) in [6.07, 6.45) is 3.65. The maximum absolute atomic E-state index is 14.7. The Morgan fingerprint density at radius 2 is 1.89 bits per heavy atom. The predicted molar refractivity (Wildman–Crippen MR) is 165 cm³/mol. The number of carboxylic acids is 1. The van der Waals surface area contributed by atoms with Crippen LogP contribution in [0.4, 0.5) is 4.39 Å². The van der Waals surface area contributed by atoms with E-state index in [-0.39, 0.29) is 40.5 Å². The fraction of sp³-hybridized carbons (Fsp3) is 0.242. The Hall–Kier alpha value is -5.92. The van der Waals surface area contributed by atoms with E-state index in [9.17, 15) is 33.5 Å². The van der Waals surface area contributed by atoms with E-state index in [1.54, 1.807) is 17.9 Å². The number of carbonyl (C=O) groups is 5. The van der Waals surface area contributed by atoms with Gasteiger partial charge in [-0.05, 0) is 65.6 Å². The SMILES string of the molecule is Cc1c(C(=O)O)ccc2c1CC[C@@H]2NC(=O)c1cc(C(=O)NCc2ccc3c(c2)CN(/C(C=O)=C(\N)C=O)CC3)nc2c(F)cnn12. The molecule has 0 saturated heterocycles. The number of carboxylic acid groups (broad SMARTS) is 1. The number of benzene rings is 2. The molecule has 0 unspecified atom stereocenters. The van der Waals surface area contributed by atoms with Gasteiger partial charge in [-0.25, -0.2) is 18.7 Å². The Kier molecular flexibility index (Phi) is 8.24. The van der Waals surface area contributed by atoms with Gasteiger partial charge in [-0.15, -0.1) is 0 Å². The van der Waals surface area contributed by atoms with E-state index in [1.165, 1.54) is 12.1 Å². The van der Waals surface area contributed by atoms with Crippen LogP contribution >= 0.6 is 0 Å². The number of hydrogen-bond acceptors (Lipinski definition) is 9. The van der Waals surface area contributed by atoms with Gasteiger partial charge in [0.1, 0.15) is 17.1 Å². The van der Waals surface area contributed by atoms with Crippen molar-refractivity contribution in [1.82, 2.24) is 30.1 Å². The first-order chi connectivity index (χ1) is 22.6. The van der Waals surface area contributed by atoms with Gasteiger partial charge in [0.2, 0.25) is 0 Å². The van der Waals surface area contributed by atoms with E-state index in [2.05, 4.69) is 20.7 Å². The summed E-state index contributed by atoms with van der Waals surface area (Å²) in [4.78, 5) is 66.9. The summed E-state index contributed by atoms with van der Waals surface area (Å²) in [5.41, 5.74) is 10.3. The molecular weight excluding hydrogens is 609 g/mol. The molecule has 0 fully saturated rings. The van der Waals surface area contributed by atoms with Crippen molar-refractivity contribution in [2.75, 3.05) is 6.54 Å². The number of hydrogen-bond donors (Lipinski definition) is 4. The van der Waals surface area contributed by atoms with Gasteiger partial charge in [-0.3, -0.25) is 19.2 Å². The molecule has 2 aliphatic rings. The molecule has 1 aliphatic carbocycles. The second kappa shape index (κ2) is 12.5. The Morgan fingerprint density at radius 1 is 1.09 bits per heavy atom. The number of aldehydes is 2. The first-order valence-corrected chi connectivity index (χ1v) is 14.8. The van der Waals surface area contributed by atoms with Crippen molar-refractivity contribution < 1.29 is 33.5 Å². The summed E-state index contributed by atoms with van der Waals surface area (Å²) in [6, 6.07) is 9.70. The number of halogens is 1. The van der Waals surface area contributed by atoms with Crippen molar-refractivity contribution in [2.24, 2.45) is 5.73 Å². The lowest BCUT2D eigenvalue weighted by Gasteiger charge is -2.31. The highest BCUT2D eigenvalue weighted by molar-refractivity contribution is 5.98. The van der Waals surface area contributed by atoms with Crippen LogP contribution in [0.3, 0.4) is 0 Å². The van der Waals surface area contributed by atoms with Crippen molar-refractivity contribution >= 4 is 36.0 Å². The van der Waals surface area contributed by atoms with E-state index in [1.807, 2.05) is 18.2 Å². The summed E-state index contributed by atoms with van der Waals surface area (Å²) in [5, 5.41) is 19.1. The minimum Gasteiger partial charge on any atom is -0.478 e. The van der Waals surface area contributed by atoms with Gasteiger partial charge in [0.05, 0.1) is 23.5 Å². The number of nitrogens with one attached hydrogen (secondary N) is 2. The first kappa shape index (κ1) is 31.1. The molecule has 0 spiro atoms. The highest BCUT2D eigenvalue weighted by Crippen LogP contribution is 2.35. The molecule has 2 aromatic carbocycles. The molecule has 2 amide bonds. The van der Waals surface area contributed by atoms with Crippen LogP contribution < -0.4 is 16.4 Å². The average Bonchev–Trinajstić information content (AvgIpc) is 3.66. The Morgan fingerprint density at radius 3 is 2.64 bits per heavy atom. The molecule has 0 saturated carbocycles. The minimum atomic E-state index is -1.02. The molecular formula is C33H30FN7O6. The van der Waals surface area contributed by atoms with Gasteiger partial charge in [0.15, 0.2) is 24.0 Å². The standard InChI is InChI=1S/C33H30FN7O6/c1-17-21-6-7-26(23(21)5-4-22(17)33(46)47)39-32(45)28-11-27(38-30-24(34)13-37-41(28)30)31(44)36-12-18-2-3-19-8-9-40(14-20(19)10-18)29(16-43)25(35)15-42/h2-5,10-11,13,15-16,26H,6-9,12,14,35H2,1H3,(H,36,44)(H,39,45)(H,46,47)/b29-25-/t26-/m0/s1. The molecule has 6 rings (SSSR count).